The first-order valence-electron chi connectivity index (χ1n) is 24.1. The van der Waals surface area contributed by atoms with E-state index >= 15 is 0 Å². The lowest BCUT2D eigenvalue weighted by Gasteiger charge is -2.28. The van der Waals surface area contributed by atoms with Crippen LogP contribution in [0.3, 0.4) is 0 Å². The van der Waals surface area contributed by atoms with Crippen LogP contribution in [0.5, 0.6) is 0 Å². The number of rotatable bonds is 33. The number of urea groups is 4. The normalized spacial score (nSPS) is 18.1. The molecule has 0 radical (unpaired) electrons. The Balaban J connectivity index is 0.000000293. The molecule has 468 valence electrons. The maximum absolute atomic E-state index is 12.6. The predicted octanol–water partition coefficient (Wildman–Crippen LogP) is -5.69. The van der Waals surface area contributed by atoms with Crippen molar-refractivity contribution in [1.82, 2.24) is 69.1 Å². The average molecular weight is 1190 g/mol. The highest BCUT2D eigenvalue weighted by Gasteiger charge is 2.60. The van der Waals surface area contributed by atoms with Crippen molar-refractivity contribution < 1.29 is 102 Å². The molecule has 10 N–H and O–H groups in total. The van der Waals surface area contributed by atoms with Crippen molar-refractivity contribution >= 4 is 59.8 Å². The number of aliphatic hydroxyl groups excluding tert-OH is 7. The third kappa shape index (κ3) is 17.4. The molecule has 4 fully saturated rings. The van der Waals surface area contributed by atoms with E-state index in [1.807, 2.05) is 0 Å². The molecule has 0 aromatic carbocycles. The summed E-state index contributed by atoms with van der Waals surface area (Å²) in [7, 11) is 15.4. The van der Waals surface area contributed by atoms with Crippen LogP contribution in [-0.4, -0.2) is 339 Å². The Morgan fingerprint density at radius 3 is 0.695 bits per heavy atom. The van der Waals surface area contributed by atoms with Gasteiger partial charge in [-0.3, -0.25) is 53.9 Å². The largest absolute Gasteiger partial charge is 0.376 e. The number of fused-ring (bicyclic) bond motifs is 2. The Labute approximate surface area is 471 Å². The zero-order valence-electron chi connectivity index (χ0n) is 47.3. The molecule has 41 nitrogen and oxygen atoms in total. The highest BCUT2D eigenvalue weighted by atomic mass is 16.5. The number of carbonyl (C=O) groups excluding carboxylic acids is 4. The first-order valence-corrected chi connectivity index (χ1v) is 24.1. The van der Waals surface area contributed by atoms with Gasteiger partial charge in [0.15, 0.2) is 24.7 Å². The fourth-order valence-electron chi connectivity index (χ4n) is 8.17. The van der Waals surface area contributed by atoms with Gasteiger partial charge < -0.3 is 99.1 Å². The standard InChI is InChI=1S/C15H30N6O6.C12H22N4O6.C8H14N4O6.C6H12N6O3/c1-22-7-19(8-23-2)13-16-14(20(9-24-3)10-25-4)18-15(17-13)21(11-26-5)12-27-6;1-19-5-13-9-10(15(7-21-3)11(13)17)16(8-22-4)12(18)14(9)6-20-2;13-1-9-5-6(11(3-15)7(9)17)12(4-16)8(18)10(5)2-14;13-1-7-4-10-5(8-2-14)12-6(11-4)9-3-15/h7-12H2,1-6H3;9-10H,5-8H2,1-4H3;5-6,13-16H,1-4H2;13-15H,1-3H2,(H3,7,8,9,10,11,12). The van der Waals surface area contributed by atoms with E-state index in [0.29, 0.717) is 17.8 Å². The molecule has 0 atom stereocenters. The fraction of sp³-hybridized carbons (Fsp3) is 0.756. The van der Waals surface area contributed by atoms with Crippen molar-refractivity contribution in [3.05, 3.63) is 0 Å². The summed E-state index contributed by atoms with van der Waals surface area (Å²) in [5.74, 6) is 1.48. The molecule has 8 amide bonds. The summed E-state index contributed by atoms with van der Waals surface area (Å²) in [6, 6.07) is -1.90. The molecule has 0 bridgehead atoms. The van der Waals surface area contributed by atoms with Gasteiger partial charge in [-0.05, 0) is 0 Å². The number of carbonyl (C=O) groups is 4. The Bertz CT molecular complexity index is 1920. The van der Waals surface area contributed by atoms with Crippen molar-refractivity contribution in [3.8, 4) is 0 Å². The maximum atomic E-state index is 12.6. The molecular formula is C41H78N20O21. The zero-order valence-corrected chi connectivity index (χ0v) is 47.3. The van der Waals surface area contributed by atoms with Gasteiger partial charge in [-0.2, -0.15) is 29.9 Å². The molecule has 2 aromatic heterocycles. The van der Waals surface area contributed by atoms with E-state index < -0.39 is 63.6 Å². The van der Waals surface area contributed by atoms with Crippen molar-refractivity contribution in [1.29, 1.82) is 0 Å². The predicted molar refractivity (Wildman–Crippen MR) is 278 cm³/mol. The Kier molecular flexibility index (Phi) is 31.0. The van der Waals surface area contributed by atoms with Gasteiger partial charge in [-0.15, -0.1) is 0 Å². The van der Waals surface area contributed by atoms with Gasteiger partial charge >= 0.3 is 24.1 Å². The first kappa shape index (κ1) is 69.5. The summed E-state index contributed by atoms with van der Waals surface area (Å²) >= 11 is 0. The van der Waals surface area contributed by atoms with Gasteiger partial charge in [-0.25, -0.2) is 19.2 Å². The van der Waals surface area contributed by atoms with Crippen LogP contribution in [0.1, 0.15) is 0 Å². The quantitative estimate of drug-likeness (QED) is 0.0298. The van der Waals surface area contributed by atoms with Crippen LogP contribution in [0.4, 0.5) is 54.9 Å². The Morgan fingerprint density at radius 1 is 0.329 bits per heavy atom. The second-order valence-electron chi connectivity index (χ2n) is 16.5. The molecule has 82 heavy (non-hydrogen) atoms. The molecule has 4 aliphatic rings. The van der Waals surface area contributed by atoms with E-state index in [1.165, 1.54) is 48.0 Å². The molecule has 0 spiro atoms. The van der Waals surface area contributed by atoms with Gasteiger partial charge in [0.1, 0.15) is 114 Å². The van der Waals surface area contributed by atoms with Gasteiger partial charge in [0, 0.05) is 71.1 Å². The van der Waals surface area contributed by atoms with Crippen molar-refractivity contribution in [2.45, 2.75) is 24.7 Å². The number of hydrogen-bond acceptors (Lipinski definition) is 33. The van der Waals surface area contributed by atoms with Gasteiger partial charge in [0.2, 0.25) is 35.7 Å². The lowest BCUT2D eigenvalue weighted by Crippen LogP contribution is -2.48. The van der Waals surface area contributed by atoms with Crippen LogP contribution in [-0.2, 0) is 47.4 Å². The minimum atomic E-state index is -0.945. The van der Waals surface area contributed by atoms with Crippen LogP contribution >= 0.6 is 0 Å². The van der Waals surface area contributed by atoms with Crippen LogP contribution < -0.4 is 30.7 Å². The van der Waals surface area contributed by atoms with Crippen LogP contribution in [0.25, 0.3) is 0 Å². The molecule has 0 saturated carbocycles. The number of nitrogens with zero attached hydrogens (tertiary/aromatic N) is 17. The highest BCUT2D eigenvalue weighted by Crippen LogP contribution is 2.36. The second kappa shape index (κ2) is 36.6. The number of ether oxygens (including phenoxy) is 10. The minimum Gasteiger partial charge on any atom is -0.376 e. The number of anilines is 6. The number of aromatic nitrogens is 6. The number of methoxy groups -OCH3 is 10. The molecular weight excluding hydrogens is 1110 g/mol. The van der Waals surface area contributed by atoms with Gasteiger partial charge in [0.05, 0.1) is 0 Å². The highest BCUT2D eigenvalue weighted by molar-refractivity contribution is 5.86. The van der Waals surface area contributed by atoms with E-state index in [-0.39, 0.29) is 117 Å². The molecule has 0 aliphatic carbocycles. The Hall–Kier alpha value is -6.78. The minimum absolute atomic E-state index is 0.0640. The molecule has 4 aliphatic heterocycles. The van der Waals surface area contributed by atoms with Crippen LogP contribution in [0, 0.1) is 0 Å². The average Bonchev–Trinajstić information content (AvgIpc) is 3.73. The molecule has 6 heterocycles. The topological polar surface area (TPSA) is 451 Å². The van der Waals surface area contributed by atoms with Crippen LogP contribution in [0.2, 0.25) is 0 Å². The lowest BCUT2D eigenvalue weighted by molar-refractivity contribution is -0.0135. The van der Waals surface area contributed by atoms with Gasteiger partial charge in [-0.1, -0.05) is 0 Å². The summed E-state index contributed by atoms with van der Waals surface area (Å²) in [5, 5.41) is 69.8. The maximum Gasteiger partial charge on any atom is 0.327 e. The van der Waals surface area contributed by atoms with Gasteiger partial charge in [0.25, 0.3) is 0 Å². The molecule has 6 rings (SSSR count). The van der Waals surface area contributed by atoms with Crippen molar-refractivity contribution in [2.24, 2.45) is 0 Å². The number of nitrogens with one attached hydrogen (secondary N) is 3. The van der Waals surface area contributed by atoms with Crippen LogP contribution in [0.15, 0.2) is 0 Å². The summed E-state index contributed by atoms with van der Waals surface area (Å²) in [6.45, 7) is -1.99. The monoisotopic (exact) mass is 1190 g/mol. The van der Waals surface area contributed by atoms with Crippen molar-refractivity contribution in [2.75, 3.05) is 216 Å². The molecule has 0 unspecified atom stereocenters. The smallest absolute Gasteiger partial charge is 0.327 e. The fourth-order valence-corrected chi connectivity index (χ4v) is 8.17. The molecule has 2 aromatic rings. The van der Waals surface area contributed by atoms with Crippen molar-refractivity contribution in [3.63, 3.8) is 0 Å². The third-order valence-electron chi connectivity index (χ3n) is 11.2. The van der Waals surface area contributed by atoms with E-state index in [2.05, 4.69) is 45.9 Å². The number of amides is 8. The Morgan fingerprint density at radius 2 is 0.524 bits per heavy atom. The summed E-state index contributed by atoms with van der Waals surface area (Å²) < 4.78 is 51.7. The molecule has 41 heteroatoms. The van der Waals surface area contributed by atoms with E-state index in [1.54, 1.807) is 57.4 Å². The second-order valence-corrected chi connectivity index (χ2v) is 16.5. The SMILES string of the molecule is COCN(COC)c1nc(N(COC)COC)nc(N(COC)COC)n1.COCN1C(=O)N(COC)C2C1N(COC)C(=O)N2COC.O=C1N(CO)C2C(N1CO)N(CO)C(=O)N2CO.OCNc1nc(NCO)nc(NCO)n1. The molecule has 4 saturated heterocycles. The first-order chi connectivity index (χ1) is 39.7. The van der Waals surface area contributed by atoms with E-state index in [9.17, 15) is 19.2 Å². The zero-order chi connectivity index (χ0) is 60.9. The summed E-state index contributed by atoms with van der Waals surface area (Å²) in [5.41, 5.74) is 0. The number of aliphatic hydroxyl groups is 7. The summed E-state index contributed by atoms with van der Waals surface area (Å²) in [6.07, 6.45) is -2.94. The third-order valence-corrected chi connectivity index (χ3v) is 11.2. The van der Waals surface area contributed by atoms with E-state index in [4.69, 9.17) is 83.1 Å². The van der Waals surface area contributed by atoms with E-state index in [0.717, 1.165) is 19.6 Å². The number of hydrogen-bond donors (Lipinski definition) is 10. The summed E-state index contributed by atoms with van der Waals surface area (Å²) in [4.78, 5) is 88.4. The lowest BCUT2D eigenvalue weighted by atomic mass is 10.3.